The van der Waals surface area contributed by atoms with E-state index in [4.69, 9.17) is 4.74 Å². The maximum atomic E-state index is 11.6. The molecule has 23 heavy (non-hydrogen) atoms. The van der Waals surface area contributed by atoms with Crippen LogP contribution in [0.2, 0.25) is 0 Å². The van der Waals surface area contributed by atoms with Gasteiger partial charge in [-0.15, -0.1) is 0 Å². The number of hydrogen-bond donors (Lipinski definition) is 0. The summed E-state index contributed by atoms with van der Waals surface area (Å²) in [6.45, 7) is 2.19. The molecule has 1 heterocycles. The minimum Gasteiger partial charge on any atom is -0.462 e. The summed E-state index contributed by atoms with van der Waals surface area (Å²) >= 11 is 0. The van der Waals surface area contributed by atoms with Crippen molar-refractivity contribution >= 4 is 17.9 Å². The summed E-state index contributed by atoms with van der Waals surface area (Å²) in [4.78, 5) is 16.1. The summed E-state index contributed by atoms with van der Waals surface area (Å²) in [7, 11) is 0. The third-order valence-electron chi connectivity index (χ3n) is 4.22. The Balaban J connectivity index is 1.64. The van der Waals surface area contributed by atoms with Crippen molar-refractivity contribution in [3.8, 4) is 0 Å². The second kappa shape index (κ2) is 7.27. The number of nitrogens with zero attached hydrogens (tertiary/aromatic N) is 2. The molecule has 1 aromatic heterocycles. The quantitative estimate of drug-likeness (QED) is 0.601. The largest absolute Gasteiger partial charge is 0.462 e. The topological polar surface area (TPSA) is 43.6 Å². The molecule has 1 saturated carbocycles. The Hall–Kier alpha value is -2.36. The Morgan fingerprint density at radius 2 is 2.00 bits per heavy atom. The molecular formula is C19H22N2O2. The maximum Gasteiger partial charge on any atom is 0.338 e. The lowest BCUT2D eigenvalue weighted by molar-refractivity contribution is 0.0526. The van der Waals surface area contributed by atoms with E-state index in [2.05, 4.69) is 28.0 Å². The molecule has 0 atom stereocenters. The van der Waals surface area contributed by atoms with Gasteiger partial charge in [0, 0.05) is 30.2 Å². The van der Waals surface area contributed by atoms with Crippen LogP contribution in [-0.2, 0) is 4.74 Å². The number of carbonyl (C=O) groups excluding carboxylic acids is 1. The highest BCUT2D eigenvalue weighted by molar-refractivity contribution is 5.90. The summed E-state index contributed by atoms with van der Waals surface area (Å²) in [5.74, 6) is -0.295. The molecular weight excluding hydrogens is 288 g/mol. The van der Waals surface area contributed by atoms with Crippen LogP contribution in [-0.4, -0.2) is 23.4 Å². The molecule has 3 rings (SSSR count). The number of hydrogen-bond acceptors (Lipinski definition) is 3. The maximum absolute atomic E-state index is 11.6. The van der Waals surface area contributed by atoms with E-state index in [1.54, 1.807) is 19.1 Å². The zero-order chi connectivity index (χ0) is 16.1. The van der Waals surface area contributed by atoms with Gasteiger partial charge in [0.2, 0.25) is 0 Å². The molecule has 1 fully saturated rings. The van der Waals surface area contributed by atoms with Gasteiger partial charge >= 0.3 is 5.97 Å². The van der Waals surface area contributed by atoms with Crippen LogP contribution in [0.1, 0.15) is 54.6 Å². The van der Waals surface area contributed by atoms with E-state index in [1.807, 2.05) is 18.3 Å². The number of rotatable bonds is 5. The summed E-state index contributed by atoms with van der Waals surface area (Å²) in [5, 5.41) is 0. The van der Waals surface area contributed by atoms with E-state index in [-0.39, 0.29) is 5.97 Å². The molecule has 2 aromatic rings. The molecule has 0 radical (unpaired) electrons. The van der Waals surface area contributed by atoms with E-state index >= 15 is 0 Å². The smallest absolute Gasteiger partial charge is 0.338 e. The first kappa shape index (κ1) is 15.5. The Labute approximate surface area is 136 Å². The second-order valence-corrected chi connectivity index (χ2v) is 5.86. The molecule has 4 nitrogen and oxygen atoms in total. The van der Waals surface area contributed by atoms with Gasteiger partial charge in [0.1, 0.15) is 0 Å². The van der Waals surface area contributed by atoms with Gasteiger partial charge in [-0.25, -0.2) is 4.79 Å². The highest BCUT2D eigenvalue weighted by Crippen LogP contribution is 2.29. The van der Waals surface area contributed by atoms with E-state index in [0.29, 0.717) is 18.2 Å². The third kappa shape index (κ3) is 3.89. The van der Waals surface area contributed by atoms with E-state index in [1.165, 1.54) is 25.7 Å². The summed E-state index contributed by atoms with van der Waals surface area (Å²) in [6, 6.07) is 9.89. The number of esters is 1. The average molecular weight is 310 g/mol. The first-order valence-electron chi connectivity index (χ1n) is 8.25. The van der Waals surface area contributed by atoms with Gasteiger partial charge in [-0.3, -0.25) is 4.99 Å². The highest BCUT2D eigenvalue weighted by Gasteiger charge is 2.15. The minimum atomic E-state index is -0.295. The number of carbonyl (C=O) groups is 1. The third-order valence-corrected chi connectivity index (χ3v) is 4.22. The summed E-state index contributed by atoms with van der Waals surface area (Å²) < 4.78 is 7.27. The average Bonchev–Trinajstić information content (AvgIpc) is 3.25. The number of aromatic nitrogens is 1. The van der Waals surface area contributed by atoms with Crippen molar-refractivity contribution in [2.75, 3.05) is 6.61 Å². The molecule has 1 aliphatic carbocycles. The molecule has 0 spiro atoms. The first-order chi connectivity index (χ1) is 11.3. The number of benzene rings is 1. The monoisotopic (exact) mass is 310 g/mol. The fraction of sp³-hybridized carbons (Fsp3) is 0.368. The van der Waals surface area contributed by atoms with E-state index in [9.17, 15) is 4.79 Å². The van der Waals surface area contributed by atoms with Gasteiger partial charge in [-0.1, -0.05) is 12.8 Å². The highest BCUT2D eigenvalue weighted by atomic mass is 16.5. The SMILES string of the molecule is CCOC(=O)c1ccc(N=Cc2ccn(C3CCCC3)c2)cc1. The van der Waals surface area contributed by atoms with Gasteiger partial charge in [0.25, 0.3) is 0 Å². The van der Waals surface area contributed by atoms with Crippen LogP contribution in [0.4, 0.5) is 5.69 Å². The molecule has 0 aliphatic heterocycles. The van der Waals surface area contributed by atoms with Crippen LogP contribution in [0.25, 0.3) is 0 Å². The molecule has 1 aromatic carbocycles. The zero-order valence-corrected chi connectivity index (χ0v) is 13.4. The molecule has 1 aliphatic rings. The van der Waals surface area contributed by atoms with Crippen molar-refractivity contribution in [2.24, 2.45) is 4.99 Å². The standard InChI is InChI=1S/C19H22N2O2/c1-2-23-19(22)16-7-9-17(10-8-16)20-13-15-11-12-21(14-15)18-5-3-4-6-18/h7-14,18H,2-6H2,1H3. The van der Waals surface area contributed by atoms with E-state index < -0.39 is 0 Å². The van der Waals surface area contributed by atoms with Gasteiger partial charge in [-0.2, -0.15) is 0 Å². The Bertz CT molecular complexity index is 680. The first-order valence-corrected chi connectivity index (χ1v) is 8.25. The molecule has 0 bridgehead atoms. The van der Waals surface area contributed by atoms with Gasteiger partial charge in [0.05, 0.1) is 17.9 Å². The second-order valence-electron chi connectivity index (χ2n) is 5.86. The lowest BCUT2D eigenvalue weighted by Gasteiger charge is -2.10. The van der Waals surface area contributed by atoms with Crippen molar-refractivity contribution in [3.63, 3.8) is 0 Å². The van der Waals surface area contributed by atoms with Crippen molar-refractivity contribution in [3.05, 3.63) is 53.9 Å². The predicted molar refractivity (Wildman–Crippen MR) is 91.6 cm³/mol. The molecule has 0 unspecified atom stereocenters. The van der Waals surface area contributed by atoms with Gasteiger partial charge < -0.3 is 9.30 Å². The molecule has 4 heteroatoms. The minimum absolute atomic E-state index is 0.295. The van der Waals surface area contributed by atoms with Crippen molar-refractivity contribution in [1.29, 1.82) is 0 Å². The Morgan fingerprint density at radius 1 is 1.26 bits per heavy atom. The van der Waals surface area contributed by atoms with Crippen LogP contribution in [0.5, 0.6) is 0 Å². The fourth-order valence-corrected chi connectivity index (χ4v) is 2.98. The van der Waals surface area contributed by atoms with Crippen LogP contribution in [0, 0.1) is 0 Å². The van der Waals surface area contributed by atoms with Crippen molar-refractivity contribution in [2.45, 2.75) is 38.6 Å². The van der Waals surface area contributed by atoms with Crippen LogP contribution in [0.3, 0.4) is 0 Å². The molecule has 0 amide bonds. The van der Waals surface area contributed by atoms with Gasteiger partial charge in [-0.05, 0) is 50.1 Å². The molecule has 0 N–H and O–H groups in total. The lowest BCUT2D eigenvalue weighted by atomic mass is 10.2. The predicted octanol–water partition coefficient (Wildman–Crippen LogP) is 4.53. The Kier molecular flexibility index (Phi) is 4.91. The fourth-order valence-electron chi connectivity index (χ4n) is 2.98. The van der Waals surface area contributed by atoms with Crippen LogP contribution < -0.4 is 0 Å². The number of aliphatic imine (C=N–C) groups is 1. The summed E-state index contributed by atoms with van der Waals surface area (Å²) in [5.41, 5.74) is 2.48. The Morgan fingerprint density at radius 3 is 2.70 bits per heavy atom. The van der Waals surface area contributed by atoms with Crippen LogP contribution >= 0.6 is 0 Å². The normalized spacial score (nSPS) is 15.3. The van der Waals surface area contributed by atoms with Gasteiger partial charge in [0.15, 0.2) is 0 Å². The van der Waals surface area contributed by atoms with E-state index in [0.717, 1.165) is 11.3 Å². The number of ether oxygens (including phenoxy) is 1. The van der Waals surface area contributed by atoms with Crippen LogP contribution in [0.15, 0.2) is 47.7 Å². The summed E-state index contributed by atoms with van der Waals surface area (Å²) in [6.07, 6.45) is 11.4. The van der Waals surface area contributed by atoms with Crippen molar-refractivity contribution < 1.29 is 9.53 Å². The zero-order valence-electron chi connectivity index (χ0n) is 13.4. The molecule has 120 valence electrons. The lowest BCUT2D eigenvalue weighted by Crippen LogP contribution is -2.03. The molecule has 0 saturated heterocycles. The van der Waals surface area contributed by atoms with Crippen molar-refractivity contribution in [1.82, 2.24) is 4.57 Å².